The molecule has 3 rings (SSSR count). The van der Waals surface area contributed by atoms with Gasteiger partial charge in [0.15, 0.2) is 0 Å². The zero-order valence-corrected chi connectivity index (χ0v) is 11.6. The highest BCUT2D eigenvalue weighted by atomic mass is 35.5. The molecule has 4 nitrogen and oxygen atoms in total. The van der Waals surface area contributed by atoms with E-state index in [1.54, 1.807) is 18.5 Å². The molecule has 1 aromatic carbocycles. The zero-order valence-electron chi connectivity index (χ0n) is 10.8. The van der Waals surface area contributed by atoms with Crippen LogP contribution in [-0.2, 0) is 6.42 Å². The first-order chi connectivity index (χ1) is 9.75. The molecule has 0 bridgehead atoms. The second-order valence-electron chi connectivity index (χ2n) is 4.67. The van der Waals surface area contributed by atoms with Gasteiger partial charge in [0.05, 0.1) is 16.9 Å². The lowest BCUT2D eigenvalue weighted by Gasteiger charge is -2.20. The maximum Gasteiger partial charge on any atom is 0.256 e. The fraction of sp³-hybridized carbons (Fsp3) is 0.200. The summed E-state index contributed by atoms with van der Waals surface area (Å²) in [7, 11) is 0. The van der Waals surface area contributed by atoms with Gasteiger partial charge in [-0.1, -0.05) is 17.7 Å². The third kappa shape index (κ3) is 2.47. The molecule has 20 heavy (non-hydrogen) atoms. The Balaban J connectivity index is 1.90. The number of halogens is 1. The number of amides is 1. The number of hydrogen-bond donors (Lipinski definition) is 2. The summed E-state index contributed by atoms with van der Waals surface area (Å²) in [4.78, 5) is 16.4. The van der Waals surface area contributed by atoms with Gasteiger partial charge < -0.3 is 10.6 Å². The number of pyridine rings is 1. The number of fused-ring (bicyclic) bond motifs is 1. The van der Waals surface area contributed by atoms with Crippen LogP contribution in [0.2, 0.25) is 5.02 Å². The van der Waals surface area contributed by atoms with Gasteiger partial charge in [0.25, 0.3) is 5.91 Å². The summed E-state index contributed by atoms with van der Waals surface area (Å²) in [6.45, 7) is 0.951. The van der Waals surface area contributed by atoms with Crippen LogP contribution in [0.5, 0.6) is 0 Å². The number of nitrogens with one attached hydrogen (secondary N) is 2. The van der Waals surface area contributed by atoms with Gasteiger partial charge in [-0.2, -0.15) is 0 Å². The van der Waals surface area contributed by atoms with Gasteiger partial charge in [0.2, 0.25) is 0 Å². The summed E-state index contributed by atoms with van der Waals surface area (Å²) in [5.41, 5.74) is 3.33. The van der Waals surface area contributed by atoms with Crippen molar-refractivity contribution >= 4 is 28.9 Å². The molecule has 5 heteroatoms. The highest BCUT2D eigenvalue weighted by Gasteiger charge is 2.17. The first-order valence-corrected chi connectivity index (χ1v) is 6.90. The number of nitrogens with zero attached hydrogens (tertiary/aromatic N) is 1. The second kappa shape index (κ2) is 5.51. The Morgan fingerprint density at radius 1 is 1.35 bits per heavy atom. The number of carbonyl (C=O) groups is 1. The summed E-state index contributed by atoms with van der Waals surface area (Å²) >= 11 is 6.03. The van der Waals surface area contributed by atoms with Crippen molar-refractivity contribution in [2.24, 2.45) is 0 Å². The Morgan fingerprint density at radius 2 is 2.25 bits per heavy atom. The largest absolute Gasteiger partial charge is 0.385 e. The molecule has 0 unspecified atom stereocenters. The van der Waals surface area contributed by atoms with Crippen LogP contribution in [0.1, 0.15) is 22.3 Å². The van der Waals surface area contributed by atoms with Crippen molar-refractivity contribution in [3.05, 3.63) is 52.8 Å². The van der Waals surface area contributed by atoms with Gasteiger partial charge >= 0.3 is 0 Å². The van der Waals surface area contributed by atoms with Crippen molar-refractivity contribution in [3.63, 3.8) is 0 Å². The SMILES string of the molecule is O=C(Nc1cnccc1Cl)c1cccc2c1CCCN2. The molecule has 1 aliphatic heterocycles. The van der Waals surface area contributed by atoms with Crippen molar-refractivity contribution in [1.82, 2.24) is 4.98 Å². The van der Waals surface area contributed by atoms with Crippen molar-refractivity contribution in [3.8, 4) is 0 Å². The zero-order chi connectivity index (χ0) is 13.9. The summed E-state index contributed by atoms with van der Waals surface area (Å²) in [6.07, 6.45) is 5.08. The summed E-state index contributed by atoms with van der Waals surface area (Å²) in [5.74, 6) is -0.152. The molecule has 2 heterocycles. The Labute approximate surface area is 122 Å². The van der Waals surface area contributed by atoms with Gasteiger partial charge in [0, 0.05) is 24.0 Å². The third-order valence-corrected chi connectivity index (χ3v) is 3.69. The number of anilines is 2. The van der Waals surface area contributed by atoms with Gasteiger partial charge in [-0.15, -0.1) is 0 Å². The first kappa shape index (κ1) is 12.9. The van der Waals surface area contributed by atoms with E-state index in [4.69, 9.17) is 11.6 Å². The fourth-order valence-corrected chi connectivity index (χ4v) is 2.53. The Morgan fingerprint density at radius 3 is 3.10 bits per heavy atom. The molecule has 1 aromatic heterocycles. The molecule has 1 aliphatic rings. The van der Waals surface area contributed by atoms with Crippen LogP contribution in [0.4, 0.5) is 11.4 Å². The van der Waals surface area contributed by atoms with E-state index >= 15 is 0 Å². The number of hydrogen-bond acceptors (Lipinski definition) is 3. The van der Waals surface area contributed by atoms with Crippen LogP contribution in [-0.4, -0.2) is 17.4 Å². The lowest BCUT2D eigenvalue weighted by Crippen LogP contribution is -2.19. The van der Waals surface area contributed by atoms with Crippen LogP contribution in [0.3, 0.4) is 0 Å². The van der Waals surface area contributed by atoms with Gasteiger partial charge in [0.1, 0.15) is 0 Å². The molecule has 1 amide bonds. The molecule has 0 fully saturated rings. The van der Waals surface area contributed by atoms with Gasteiger partial charge in [-0.25, -0.2) is 0 Å². The fourth-order valence-electron chi connectivity index (χ4n) is 2.38. The maximum absolute atomic E-state index is 12.4. The molecule has 2 aromatic rings. The predicted molar refractivity (Wildman–Crippen MR) is 80.5 cm³/mol. The highest BCUT2D eigenvalue weighted by molar-refractivity contribution is 6.33. The average molecular weight is 288 g/mol. The van der Waals surface area contributed by atoms with E-state index < -0.39 is 0 Å². The molecular formula is C15H14ClN3O. The van der Waals surface area contributed by atoms with E-state index in [1.807, 2.05) is 18.2 Å². The number of benzene rings is 1. The summed E-state index contributed by atoms with van der Waals surface area (Å²) in [5, 5.41) is 6.61. The molecule has 0 saturated carbocycles. The van der Waals surface area contributed by atoms with Crippen molar-refractivity contribution < 1.29 is 4.79 Å². The standard InChI is InChI=1S/C15H14ClN3O/c16-12-6-8-17-9-14(12)19-15(20)11-3-1-5-13-10(11)4-2-7-18-13/h1,3,5-6,8-9,18H,2,4,7H2,(H,19,20). The average Bonchev–Trinajstić information content (AvgIpc) is 2.49. The van der Waals surface area contributed by atoms with E-state index in [1.165, 1.54) is 0 Å². The molecular weight excluding hydrogens is 274 g/mol. The molecule has 0 saturated heterocycles. The van der Waals surface area contributed by atoms with Crippen LogP contribution in [0.25, 0.3) is 0 Å². The van der Waals surface area contributed by atoms with Crippen molar-refractivity contribution in [2.75, 3.05) is 17.2 Å². The quantitative estimate of drug-likeness (QED) is 0.891. The Bertz CT molecular complexity index is 657. The molecule has 0 aliphatic carbocycles. The second-order valence-corrected chi connectivity index (χ2v) is 5.08. The number of aromatic nitrogens is 1. The van der Waals surface area contributed by atoms with E-state index in [2.05, 4.69) is 15.6 Å². The minimum atomic E-state index is -0.152. The van der Waals surface area contributed by atoms with Crippen LogP contribution in [0.15, 0.2) is 36.7 Å². The van der Waals surface area contributed by atoms with Crippen molar-refractivity contribution in [2.45, 2.75) is 12.8 Å². The van der Waals surface area contributed by atoms with E-state index in [0.29, 0.717) is 16.3 Å². The van der Waals surface area contributed by atoms with E-state index in [-0.39, 0.29) is 5.91 Å². The normalized spacial score (nSPS) is 13.2. The minimum absolute atomic E-state index is 0.152. The Kier molecular flexibility index (Phi) is 3.56. The Hall–Kier alpha value is -2.07. The van der Waals surface area contributed by atoms with Gasteiger partial charge in [-0.3, -0.25) is 9.78 Å². The van der Waals surface area contributed by atoms with E-state index in [9.17, 15) is 4.79 Å². The number of rotatable bonds is 2. The maximum atomic E-state index is 12.4. The van der Waals surface area contributed by atoms with Crippen LogP contribution in [0, 0.1) is 0 Å². The lowest BCUT2D eigenvalue weighted by atomic mass is 9.97. The number of carbonyl (C=O) groups excluding carboxylic acids is 1. The highest BCUT2D eigenvalue weighted by Crippen LogP contribution is 2.27. The van der Waals surface area contributed by atoms with Crippen LogP contribution < -0.4 is 10.6 Å². The molecule has 0 radical (unpaired) electrons. The molecule has 2 N–H and O–H groups in total. The minimum Gasteiger partial charge on any atom is -0.385 e. The first-order valence-electron chi connectivity index (χ1n) is 6.52. The summed E-state index contributed by atoms with van der Waals surface area (Å²) < 4.78 is 0. The molecule has 102 valence electrons. The smallest absolute Gasteiger partial charge is 0.256 e. The third-order valence-electron chi connectivity index (χ3n) is 3.36. The lowest BCUT2D eigenvalue weighted by molar-refractivity contribution is 0.102. The van der Waals surface area contributed by atoms with Crippen molar-refractivity contribution in [1.29, 1.82) is 0 Å². The topological polar surface area (TPSA) is 54.0 Å². The molecule has 0 atom stereocenters. The summed E-state index contributed by atoms with van der Waals surface area (Å²) in [6, 6.07) is 7.38. The predicted octanol–water partition coefficient (Wildman–Crippen LogP) is 3.35. The molecule has 0 spiro atoms. The van der Waals surface area contributed by atoms with Crippen LogP contribution >= 0.6 is 11.6 Å². The monoisotopic (exact) mass is 287 g/mol. The van der Waals surface area contributed by atoms with Gasteiger partial charge in [-0.05, 0) is 36.6 Å². The van der Waals surface area contributed by atoms with E-state index in [0.717, 1.165) is 30.6 Å².